The molecule has 0 saturated heterocycles. The maximum atomic E-state index is 14.2. The minimum atomic E-state index is -0.908. The topological polar surface area (TPSA) is 52.3 Å². The third-order valence-electron chi connectivity index (χ3n) is 2.73. The Labute approximate surface area is 108 Å². The van der Waals surface area contributed by atoms with Crippen LogP contribution in [-0.4, -0.2) is 13.0 Å². The molecule has 0 bridgehead atoms. The van der Waals surface area contributed by atoms with E-state index in [1.165, 1.54) is 43.5 Å². The van der Waals surface area contributed by atoms with Gasteiger partial charge in [-0.3, -0.25) is 4.79 Å². The first-order valence-corrected chi connectivity index (χ1v) is 5.47. The highest BCUT2D eigenvalue weighted by molar-refractivity contribution is 5.94. The molecule has 0 aliphatic rings. The number of nitrogens with two attached hydrogens (primary N) is 1. The monoisotopic (exact) mass is 263 g/mol. The number of carbonyl (C=O) groups is 1. The van der Waals surface area contributed by atoms with E-state index >= 15 is 0 Å². The molecule has 19 heavy (non-hydrogen) atoms. The molecule has 0 radical (unpaired) electrons. The van der Waals surface area contributed by atoms with Crippen LogP contribution in [0.5, 0.6) is 5.75 Å². The Morgan fingerprint density at radius 3 is 2.47 bits per heavy atom. The van der Waals surface area contributed by atoms with Gasteiger partial charge >= 0.3 is 0 Å². The van der Waals surface area contributed by atoms with Crippen LogP contribution in [0.1, 0.15) is 10.4 Å². The van der Waals surface area contributed by atoms with Gasteiger partial charge in [-0.1, -0.05) is 18.2 Å². The van der Waals surface area contributed by atoms with Crippen LogP contribution < -0.4 is 10.5 Å². The van der Waals surface area contributed by atoms with Gasteiger partial charge in [-0.2, -0.15) is 0 Å². The fourth-order valence-electron chi connectivity index (χ4n) is 1.85. The molecule has 0 aliphatic carbocycles. The first-order chi connectivity index (χ1) is 9.06. The van der Waals surface area contributed by atoms with Gasteiger partial charge in [0, 0.05) is 5.56 Å². The van der Waals surface area contributed by atoms with Gasteiger partial charge in [0.2, 0.25) is 0 Å². The summed E-state index contributed by atoms with van der Waals surface area (Å²) < 4.78 is 33.1. The molecule has 5 heteroatoms. The predicted octanol–water partition coefficient (Wildman–Crippen LogP) is 2.74. The van der Waals surface area contributed by atoms with Crippen LogP contribution in [0.2, 0.25) is 0 Å². The van der Waals surface area contributed by atoms with Crippen LogP contribution >= 0.6 is 0 Å². The zero-order valence-electron chi connectivity index (χ0n) is 10.1. The maximum Gasteiger partial charge on any atom is 0.251 e. The van der Waals surface area contributed by atoms with Crippen molar-refractivity contribution in [2.45, 2.75) is 0 Å². The molecule has 0 aromatic heterocycles. The van der Waals surface area contributed by atoms with Crippen LogP contribution in [0.3, 0.4) is 0 Å². The molecule has 0 spiro atoms. The average Bonchev–Trinajstić information content (AvgIpc) is 2.39. The Bertz CT molecular complexity index is 641. The van der Waals surface area contributed by atoms with Crippen molar-refractivity contribution < 1.29 is 18.3 Å². The highest BCUT2D eigenvalue weighted by Gasteiger charge is 2.19. The van der Waals surface area contributed by atoms with Crippen molar-refractivity contribution in [1.29, 1.82) is 0 Å². The van der Waals surface area contributed by atoms with E-state index in [4.69, 9.17) is 10.5 Å². The number of rotatable bonds is 3. The molecule has 1 amide bonds. The standard InChI is InChI=1S/C14H11F2NO2/c1-19-11-7-3-6-10(15)12(11)8-4-2-5-9(13(8)16)14(17)18/h2-7H,1H3,(H2,17,18). The molecule has 2 aromatic rings. The summed E-state index contributed by atoms with van der Waals surface area (Å²) in [6.45, 7) is 0. The number of hydrogen-bond donors (Lipinski definition) is 1. The number of hydrogen-bond acceptors (Lipinski definition) is 2. The molecule has 0 atom stereocenters. The largest absolute Gasteiger partial charge is 0.496 e. The number of primary amides is 1. The third kappa shape index (κ3) is 2.27. The lowest BCUT2D eigenvalue weighted by molar-refractivity contribution is 0.0996. The summed E-state index contributed by atoms with van der Waals surface area (Å²) in [6.07, 6.45) is 0. The number of methoxy groups -OCH3 is 1. The Hall–Kier alpha value is -2.43. The summed E-state index contributed by atoms with van der Waals surface area (Å²) in [6, 6.07) is 8.19. The molecule has 98 valence electrons. The summed E-state index contributed by atoms with van der Waals surface area (Å²) in [5.74, 6) is -2.23. The third-order valence-corrected chi connectivity index (χ3v) is 2.73. The number of halogens is 2. The minimum absolute atomic E-state index is 0.0365. The van der Waals surface area contributed by atoms with Crippen LogP contribution in [0.25, 0.3) is 11.1 Å². The van der Waals surface area contributed by atoms with E-state index in [0.29, 0.717) is 0 Å². The second-order valence-corrected chi connectivity index (χ2v) is 3.85. The Morgan fingerprint density at radius 2 is 1.84 bits per heavy atom. The Kier molecular flexibility index (Phi) is 3.46. The molecule has 0 fully saturated rings. The lowest BCUT2D eigenvalue weighted by Gasteiger charge is -2.11. The van der Waals surface area contributed by atoms with Crippen LogP contribution in [0.4, 0.5) is 8.78 Å². The molecule has 0 aliphatic heterocycles. The number of carbonyl (C=O) groups excluding carboxylic acids is 1. The molecule has 0 heterocycles. The first kappa shape index (κ1) is 13.0. The van der Waals surface area contributed by atoms with Crippen molar-refractivity contribution in [3.05, 3.63) is 53.6 Å². The molecular weight excluding hydrogens is 252 g/mol. The number of ether oxygens (including phenoxy) is 1. The van der Waals surface area contributed by atoms with Gasteiger partial charge in [-0.25, -0.2) is 8.78 Å². The molecule has 2 aromatic carbocycles. The molecule has 0 unspecified atom stereocenters. The van der Waals surface area contributed by atoms with E-state index in [1.54, 1.807) is 0 Å². The maximum absolute atomic E-state index is 14.2. The minimum Gasteiger partial charge on any atom is -0.496 e. The molecular formula is C14H11F2NO2. The van der Waals surface area contributed by atoms with Crippen molar-refractivity contribution in [2.24, 2.45) is 5.73 Å². The normalized spacial score (nSPS) is 10.3. The van der Waals surface area contributed by atoms with E-state index in [-0.39, 0.29) is 22.4 Å². The van der Waals surface area contributed by atoms with Crippen molar-refractivity contribution in [1.82, 2.24) is 0 Å². The van der Waals surface area contributed by atoms with Gasteiger partial charge in [-0.15, -0.1) is 0 Å². The van der Waals surface area contributed by atoms with Crippen LogP contribution in [-0.2, 0) is 0 Å². The average molecular weight is 263 g/mol. The summed E-state index contributed by atoms with van der Waals surface area (Å²) in [5, 5.41) is 0. The van der Waals surface area contributed by atoms with Crippen molar-refractivity contribution in [3.63, 3.8) is 0 Å². The quantitative estimate of drug-likeness (QED) is 0.925. The van der Waals surface area contributed by atoms with Crippen molar-refractivity contribution in [3.8, 4) is 16.9 Å². The highest BCUT2D eigenvalue weighted by atomic mass is 19.1. The zero-order valence-corrected chi connectivity index (χ0v) is 10.1. The predicted molar refractivity (Wildman–Crippen MR) is 66.9 cm³/mol. The Morgan fingerprint density at radius 1 is 1.16 bits per heavy atom. The van der Waals surface area contributed by atoms with Gasteiger partial charge in [0.05, 0.1) is 18.2 Å². The number of amides is 1. The van der Waals surface area contributed by atoms with Crippen LogP contribution in [0.15, 0.2) is 36.4 Å². The van der Waals surface area contributed by atoms with E-state index in [9.17, 15) is 13.6 Å². The van der Waals surface area contributed by atoms with E-state index in [0.717, 1.165) is 0 Å². The molecule has 0 saturated carbocycles. The van der Waals surface area contributed by atoms with E-state index < -0.39 is 17.5 Å². The SMILES string of the molecule is COc1cccc(F)c1-c1cccc(C(N)=O)c1F. The lowest BCUT2D eigenvalue weighted by Crippen LogP contribution is -2.13. The fourth-order valence-corrected chi connectivity index (χ4v) is 1.85. The van der Waals surface area contributed by atoms with Crippen LogP contribution in [0, 0.1) is 11.6 Å². The molecule has 2 rings (SSSR count). The lowest BCUT2D eigenvalue weighted by atomic mass is 10.0. The van der Waals surface area contributed by atoms with Crippen molar-refractivity contribution >= 4 is 5.91 Å². The van der Waals surface area contributed by atoms with Gasteiger partial charge in [0.1, 0.15) is 17.4 Å². The first-order valence-electron chi connectivity index (χ1n) is 5.47. The highest BCUT2D eigenvalue weighted by Crippen LogP contribution is 2.34. The fraction of sp³-hybridized carbons (Fsp3) is 0.0714. The zero-order chi connectivity index (χ0) is 14.0. The smallest absolute Gasteiger partial charge is 0.251 e. The van der Waals surface area contributed by atoms with Gasteiger partial charge in [0.25, 0.3) is 5.91 Å². The van der Waals surface area contributed by atoms with Gasteiger partial charge < -0.3 is 10.5 Å². The van der Waals surface area contributed by atoms with Crippen molar-refractivity contribution in [2.75, 3.05) is 7.11 Å². The molecule has 3 nitrogen and oxygen atoms in total. The summed E-state index contributed by atoms with van der Waals surface area (Å²) >= 11 is 0. The molecule has 2 N–H and O–H groups in total. The summed E-state index contributed by atoms with van der Waals surface area (Å²) in [4.78, 5) is 11.1. The Balaban J connectivity index is 2.73. The van der Waals surface area contributed by atoms with Gasteiger partial charge in [-0.05, 0) is 18.2 Å². The summed E-state index contributed by atoms with van der Waals surface area (Å²) in [7, 11) is 1.36. The second-order valence-electron chi connectivity index (χ2n) is 3.85. The van der Waals surface area contributed by atoms with E-state index in [2.05, 4.69) is 0 Å². The second kappa shape index (κ2) is 5.06. The van der Waals surface area contributed by atoms with Gasteiger partial charge in [0.15, 0.2) is 0 Å². The summed E-state index contributed by atoms with van der Waals surface area (Å²) in [5.41, 5.74) is 4.68. The number of benzene rings is 2. The van der Waals surface area contributed by atoms with E-state index in [1.807, 2.05) is 0 Å².